The fourth-order valence-corrected chi connectivity index (χ4v) is 5.39. The lowest BCUT2D eigenvalue weighted by Crippen LogP contribution is -2.46. The molecule has 1 aliphatic heterocycles. The molecule has 3 heteroatoms. The molecule has 0 radical (unpaired) electrons. The van der Waals surface area contributed by atoms with Gasteiger partial charge in [-0.3, -0.25) is 0 Å². The molecule has 1 aliphatic rings. The summed E-state index contributed by atoms with van der Waals surface area (Å²) in [5.74, 6) is 1.82. The fourth-order valence-electron chi connectivity index (χ4n) is 3.40. The van der Waals surface area contributed by atoms with Crippen LogP contribution in [0, 0.1) is 11.8 Å². The Hall–Kier alpha value is 1.42. The molecule has 120 valence electrons. The van der Waals surface area contributed by atoms with Crippen molar-refractivity contribution in [2.75, 3.05) is 13.1 Å². The molecule has 0 saturated carbocycles. The Bertz CT molecular complexity index is 243. The maximum atomic E-state index is 3.65. The summed E-state index contributed by atoms with van der Waals surface area (Å²) < 4.78 is 0.488. The largest absolute Gasteiger partial charge is 0.316 e. The highest BCUT2D eigenvalue weighted by molar-refractivity contribution is 14.2. The van der Waals surface area contributed by atoms with Gasteiger partial charge in [0.15, 0.2) is 0 Å². The van der Waals surface area contributed by atoms with Gasteiger partial charge >= 0.3 is 0 Å². The average molecular weight is 505 g/mol. The van der Waals surface area contributed by atoms with Gasteiger partial charge in [-0.25, -0.2) is 0 Å². The number of hydrogen-bond acceptors (Lipinski definition) is 1. The minimum Gasteiger partial charge on any atom is -0.316 e. The minimum atomic E-state index is 0.488. The van der Waals surface area contributed by atoms with Crippen molar-refractivity contribution in [1.82, 2.24) is 5.32 Å². The van der Waals surface area contributed by atoms with E-state index in [1.54, 1.807) is 0 Å². The van der Waals surface area contributed by atoms with E-state index in [4.69, 9.17) is 0 Å². The normalized spacial score (nSPS) is 23.7. The molecule has 0 aromatic carbocycles. The maximum absolute atomic E-state index is 3.65. The predicted octanol–water partition coefficient (Wildman–Crippen LogP) is 6.33. The van der Waals surface area contributed by atoms with Crippen LogP contribution in [0.5, 0.6) is 0 Å². The molecule has 0 amide bonds. The zero-order valence-corrected chi connectivity index (χ0v) is 17.7. The summed E-state index contributed by atoms with van der Waals surface area (Å²) >= 11 is 5.49. The summed E-state index contributed by atoms with van der Waals surface area (Å²) in [6.45, 7) is 7.08. The highest BCUT2D eigenvalue weighted by Gasteiger charge is 2.39. The lowest BCUT2D eigenvalue weighted by atomic mass is 9.79. The summed E-state index contributed by atoms with van der Waals surface area (Å²) in [5.41, 5.74) is 0. The first-order valence-electron chi connectivity index (χ1n) is 8.70. The summed E-state index contributed by atoms with van der Waals surface area (Å²) in [4.78, 5) is 0. The van der Waals surface area contributed by atoms with Gasteiger partial charge in [0.05, 0.1) is 1.43 Å². The number of unbranched alkanes of at least 4 members (excludes halogenated alkanes) is 5. The molecule has 20 heavy (non-hydrogen) atoms. The van der Waals surface area contributed by atoms with Crippen LogP contribution >= 0.6 is 45.2 Å². The minimum absolute atomic E-state index is 0.488. The number of piperidine rings is 1. The highest BCUT2D eigenvalue weighted by atomic mass is 127. The third-order valence-corrected chi connectivity index (χ3v) is 7.40. The van der Waals surface area contributed by atoms with E-state index in [2.05, 4.69) is 64.3 Å². The number of halogens is 2. The van der Waals surface area contributed by atoms with Crippen LogP contribution in [0.1, 0.15) is 78.1 Å². The van der Waals surface area contributed by atoms with E-state index < -0.39 is 0 Å². The van der Waals surface area contributed by atoms with Gasteiger partial charge < -0.3 is 5.32 Å². The van der Waals surface area contributed by atoms with Crippen molar-refractivity contribution >= 4 is 45.2 Å². The summed E-state index contributed by atoms with van der Waals surface area (Å²) in [7, 11) is 0. The molecule has 1 rings (SSSR count). The Kier molecular flexibility index (Phi) is 10.7. The molecule has 1 fully saturated rings. The van der Waals surface area contributed by atoms with E-state index in [0.29, 0.717) is 1.43 Å². The summed E-state index contributed by atoms with van der Waals surface area (Å²) in [5, 5.41) is 3.65. The lowest BCUT2D eigenvalue weighted by molar-refractivity contribution is 0.236. The van der Waals surface area contributed by atoms with Gasteiger partial charge in [0.2, 0.25) is 0 Å². The Morgan fingerprint density at radius 3 is 2.20 bits per heavy atom. The molecule has 0 aromatic rings. The summed E-state index contributed by atoms with van der Waals surface area (Å²) in [6, 6.07) is 0. The van der Waals surface area contributed by atoms with Crippen LogP contribution in [0.3, 0.4) is 0 Å². The average Bonchev–Trinajstić information content (AvgIpc) is 2.42. The molecule has 1 nitrogen and oxygen atoms in total. The van der Waals surface area contributed by atoms with Crippen LogP contribution < -0.4 is 5.32 Å². The molecular weight excluding hydrogens is 472 g/mol. The Morgan fingerprint density at radius 2 is 1.60 bits per heavy atom. The van der Waals surface area contributed by atoms with Gasteiger partial charge in [0, 0.05) is 6.54 Å². The summed E-state index contributed by atoms with van der Waals surface area (Å²) in [6.07, 6.45) is 14.1. The van der Waals surface area contributed by atoms with Crippen molar-refractivity contribution in [2.24, 2.45) is 11.8 Å². The van der Waals surface area contributed by atoms with Gasteiger partial charge in [0.25, 0.3) is 0 Å². The van der Waals surface area contributed by atoms with E-state index in [0.717, 1.165) is 11.8 Å². The van der Waals surface area contributed by atoms with E-state index in [1.165, 1.54) is 77.3 Å². The van der Waals surface area contributed by atoms with Crippen LogP contribution in [0.2, 0.25) is 0 Å². The number of rotatable bonds is 10. The second-order valence-corrected chi connectivity index (χ2v) is 12.3. The molecule has 0 bridgehead atoms. The highest BCUT2D eigenvalue weighted by Crippen LogP contribution is 2.46. The number of alkyl halides is 2. The van der Waals surface area contributed by atoms with Gasteiger partial charge in [-0.1, -0.05) is 117 Å². The smallest absolute Gasteiger partial charge is 0.0789 e. The van der Waals surface area contributed by atoms with Gasteiger partial charge in [-0.15, -0.1) is 0 Å². The third kappa shape index (κ3) is 7.12. The molecule has 1 N–H and O–H groups in total. The molecule has 1 heterocycles. The Morgan fingerprint density at radius 1 is 1.00 bits per heavy atom. The first kappa shape index (κ1) is 19.5. The van der Waals surface area contributed by atoms with E-state index in [-0.39, 0.29) is 0 Å². The van der Waals surface area contributed by atoms with Crippen LogP contribution in [0.25, 0.3) is 0 Å². The zero-order chi connectivity index (χ0) is 14.8. The van der Waals surface area contributed by atoms with Crippen LogP contribution in [0.4, 0.5) is 0 Å². The van der Waals surface area contributed by atoms with Crippen LogP contribution in [-0.4, -0.2) is 14.5 Å². The topological polar surface area (TPSA) is 12.0 Å². The predicted molar refractivity (Wildman–Crippen MR) is 108 cm³/mol. The van der Waals surface area contributed by atoms with E-state index >= 15 is 0 Å². The molecule has 2 unspecified atom stereocenters. The third-order valence-electron chi connectivity index (χ3n) is 4.72. The van der Waals surface area contributed by atoms with Crippen molar-refractivity contribution in [3.8, 4) is 0 Å². The zero-order valence-electron chi connectivity index (χ0n) is 13.4. The van der Waals surface area contributed by atoms with Crippen molar-refractivity contribution < 1.29 is 0 Å². The van der Waals surface area contributed by atoms with Crippen molar-refractivity contribution in [3.63, 3.8) is 0 Å². The van der Waals surface area contributed by atoms with E-state index in [9.17, 15) is 0 Å². The quantitative estimate of drug-likeness (QED) is 0.208. The molecule has 0 spiro atoms. The van der Waals surface area contributed by atoms with Crippen molar-refractivity contribution in [2.45, 2.75) is 79.5 Å². The van der Waals surface area contributed by atoms with Gasteiger partial charge in [-0.2, -0.15) is 0 Å². The second-order valence-electron chi connectivity index (χ2n) is 6.43. The first-order valence-corrected chi connectivity index (χ1v) is 10.9. The molecule has 2 atom stereocenters. The molecule has 1 saturated heterocycles. The Balaban J connectivity index is 2.50. The number of nitrogens with one attached hydrogen (secondary N) is 1. The molecule has 0 aromatic heterocycles. The van der Waals surface area contributed by atoms with Gasteiger partial charge in [-0.05, 0) is 24.8 Å². The van der Waals surface area contributed by atoms with E-state index in [1.807, 2.05) is 0 Å². The SMILES string of the molecule is CCCCCCC(CCCCC)C1CNCCC1(I)I. The van der Waals surface area contributed by atoms with Crippen LogP contribution in [0.15, 0.2) is 0 Å². The van der Waals surface area contributed by atoms with Gasteiger partial charge in [0.1, 0.15) is 0 Å². The number of hydrogen-bond donors (Lipinski definition) is 1. The van der Waals surface area contributed by atoms with Crippen molar-refractivity contribution in [1.29, 1.82) is 0 Å². The van der Waals surface area contributed by atoms with Crippen molar-refractivity contribution in [3.05, 3.63) is 0 Å². The maximum Gasteiger partial charge on any atom is 0.0789 e. The lowest BCUT2D eigenvalue weighted by Gasteiger charge is -2.41. The monoisotopic (exact) mass is 505 g/mol. The first-order chi connectivity index (χ1) is 9.61. The molecule has 0 aliphatic carbocycles. The second kappa shape index (κ2) is 11.0. The standard InChI is InChI=1S/C17H33I2N/c1-3-5-7-9-11-15(10-8-6-4-2)16-14-20-13-12-17(16,18)19/h15-16,20H,3-14H2,1-2H3. The van der Waals surface area contributed by atoms with Crippen LogP contribution in [-0.2, 0) is 0 Å². The Labute approximate surface area is 154 Å². The fraction of sp³-hybridized carbons (Fsp3) is 1.00. The molecular formula is C17H33I2N.